The van der Waals surface area contributed by atoms with E-state index in [1.54, 1.807) is 6.07 Å². The lowest BCUT2D eigenvalue weighted by atomic mass is 10.3. The van der Waals surface area contributed by atoms with E-state index < -0.39 is 0 Å². The lowest BCUT2D eigenvalue weighted by Gasteiger charge is -1.95. The molecular formula is C11H16N6O. The molecule has 7 heteroatoms. The van der Waals surface area contributed by atoms with Gasteiger partial charge in [0.1, 0.15) is 5.82 Å². The Morgan fingerprint density at radius 3 is 2.83 bits per heavy atom. The Hall–Kier alpha value is -2.18. The fourth-order valence-corrected chi connectivity index (χ4v) is 1.52. The molecule has 1 amide bonds. The van der Waals surface area contributed by atoms with E-state index in [1.807, 2.05) is 13.8 Å². The molecule has 2 heterocycles. The highest BCUT2D eigenvalue weighted by atomic mass is 16.2. The Kier molecular flexibility index (Phi) is 3.71. The molecule has 18 heavy (non-hydrogen) atoms. The Bertz CT molecular complexity index is 529. The first-order valence-electron chi connectivity index (χ1n) is 5.99. The monoisotopic (exact) mass is 248 g/mol. The summed E-state index contributed by atoms with van der Waals surface area (Å²) in [7, 11) is 0. The van der Waals surface area contributed by atoms with E-state index >= 15 is 0 Å². The minimum atomic E-state index is -0.359. The van der Waals surface area contributed by atoms with Gasteiger partial charge >= 0.3 is 0 Å². The fraction of sp³-hybridized carbons (Fsp3) is 0.455. The van der Waals surface area contributed by atoms with E-state index in [-0.39, 0.29) is 11.7 Å². The minimum absolute atomic E-state index is 0.138. The first-order valence-corrected chi connectivity index (χ1v) is 5.99. The van der Waals surface area contributed by atoms with E-state index in [0.717, 1.165) is 30.8 Å². The number of amides is 1. The molecule has 3 N–H and O–H groups in total. The molecule has 0 saturated heterocycles. The third-order valence-electron chi connectivity index (χ3n) is 2.48. The van der Waals surface area contributed by atoms with Crippen molar-refractivity contribution in [1.82, 2.24) is 25.4 Å². The molecule has 0 spiro atoms. The van der Waals surface area contributed by atoms with Crippen LogP contribution in [0.3, 0.4) is 0 Å². The molecule has 0 radical (unpaired) electrons. The Morgan fingerprint density at radius 1 is 1.33 bits per heavy atom. The summed E-state index contributed by atoms with van der Waals surface area (Å²) in [4.78, 5) is 15.9. The number of hydrogen-bond donors (Lipinski definition) is 3. The minimum Gasteiger partial charge on any atom is -0.302 e. The normalized spacial score (nSPS) is 10.6. The van der Waals surface area contributed by atoms with Gasteiger partial charge in [0.2, 0.25) is 5.82 Å². The largest absolute Gasteiger partial charge is 0.302 e. The van der Waals surface area contributed by atoms with Crippen LogP contribution in [0.5, 0.6) is 0 Å². The predicted molar refractivity (Wildman–Crippen MR) is 66.3 cm³/mol. The summed E-state index contributed by atoms with van der Waals surface area (Å²) in [6.07, 6.45) is 2.57. The summed E-state index contributed by atoms with van der Waals surface area (Å²) in [5.74, 6) is 0.986. The van der Waals surface area contributed by atoms with Gasteiger partial charge < -0.3 is 5.32 Å². The summed E-state index contributed by atoms with van der Waals surface area (Å²) in [5, 5.41) is 16.1. The van der Waals surface area contributed by atoms with Crippen molar-refractivity contribution in [2.75, 3.05) is 5.32 Å². The molecule has 0 aromatic carbocycles. The van der Waals surface area contributed by atoms with Crippen LogP contribution in [-0.2, 0) is 12.8 Å². The second-order valence-corrected chi connectivity index (χ2v) is 3.94. The van der Waals surface area contributed by atoms with Crippen molar-refractivity contribution in [3.8, 4) is 0 Å². The summed E-state index contributed by atoms with van der Waals surface area (Å²) in [5.41, 5.74) is 0.965. The van der Waals surface area contributed by atoms with Gasteiger partial charge in [-0.2, -0.15) is 5.10 Å². The number of hydrogen-bond acceptors (Lipinski definition) is 4. The van der Waals surface area contributed by atoms with Crippen LogP contribution < -0.4 is 5.32 Å². The third kappa shape index (κ3) is 2.73. The van der Waals surface area contributed by atoms with Gasteiger partial charge in [0.05, 0.1) is 0 Å². The second kappa shape index (κ2) is 5.44. The highest BCUT2D eigenvalue weighted by Gasteiger charge is 2.13. The maximum absolute atomic E-state index is 11.8. The van der Waals surface area contributed by atoms with Crippen LogP contribution in [0.4, 0.5) is 5.82 Å². The summed E-state index contributed by atoms with van der Waals surface area (Å²) < 4.78 is 0. The molecule has 0 aliphatic carbocycles. The SMILES string of the molecule is CCCc1nc(C(=O)Nc2cc(CC)[nH]n2)n[nH]1. The number of H-pyrrole nitrogens is 2. The maximum atomic E-state index is 11.8. The van der Waals surface area contributed by atoms with Crippen molar-refractivity contribution < 1.29 is 4.79 Å². The predicted octanol–water partition coefficient (Wildman–Crippen LogP) is 1.29. The van der Waals surface area contributed by atoms with Gasteiger partial charge in [-0.1, -0.05) is 13.8 Å². The van der Waals surface area contributed by atoms with Gasteiger partial charge in [-0.3, -0.25) is 15.0 Å². The van der Waals surface area contributed by atoms with Crippen LogP contribution in [0, 0.1) is 0 Å². The van der Waals surface area contributed by atoms with Gasteiger partial charge in [-0.25, -0.2) is 4.98 Å². The Balaban J connectivity index is 2.02. The lowest BCUT2D eigenvalue weighted by Crippen LogP contribution is -2.14. The van der Waals surface area contributed by atoms with Crippen LogP contribution in [0.1, 0.15) is 42.4 Å². The van der Waals surface area contributed by atoms with Gasteiger partial charge in [0.15, 0.2) is 5.82 Å². The first-order chi connectivity index (χ1) is 8.72. The van der Waals surface area contributed by atoms with E-state index in [9.17, 15) is 4.79 Å². The van der Waals surface area contributed by atoms with Crippen molar-refractivity contribution in [3.05, 3.63) is 23.4 Å². The van der Waals surface area contributed by atoms with E-state index in [1.165, 1.54) is 0 Å². The molecule has 0 unspecified atom stereocenters. The molecule has 7 nitrogen and oxygen atoms in total. The van der Waals surface area contributed by atoms with E-state index in [2.05, 4.69) is 30.7 Å². The number of anilines is 1. The Labute approximate surface area is 104 Å². The highest BCUT2D eigenvalue weighted by Crippen LogP contribution is 2.07. The molecule has 0 aliphatic rings. The number of carbonyl (C=O) groups is 1. The molecule has 96 valence electrons. The molecule has 2 aromatic rings. The topological polar surface area (TPSA) is 99.3 Å². The second-order valence-electron chi connectivity index (χ2n) is 3.94. The average Bonchev–Trinajstić information content (AvgIpc) is 2.98. The zero-order chi connectivity index (χ0) is 13.0. The molecule has 0 atom stereocenters. The molecule has 0 aliphatic heterocycles. The van der Waals surface area contributed by atoms with Gasteiger partial charge in [-0.15, -0.1) is 5.10 Å². The highest BCUT2D eigenvalue weighted by molar-refractivity contribution is 6.00. The van der Waals surface area contributed by atoms with Crippen molar-refractivity contribution in [2.24, 2.45) is 0 Å². The number of carbonyl (C=O) groups excluding carboxylic acids is 1. The van der Waals surface area contributed by atoms with Crippen molar-refractivity contribution in [2.45, 2.75) is 33.1 Å². The van der Waals surface area contributed by atoms with Crippen LogP contribution in [0.2, 0.25) is 0 Å². The molecule has 2 aromatic heterocycles. The van der Waals surface area contributed by atoms with Gasteiger partial charge in [-0.05, 0) is 12.8 Å². The summed E-state index contributed by atoms with van der Waals surface area (Å²) in [6.45, 7) is 4.05. The van der Waals surface area contributed by atoms with Crippen LogP contribution in [0.15, 0.2) is 6.07 Å². The lowest BCUT2D eigenvalue weighted by molar-refractivity contribution is 0.101. The quantitative estimate of drug-likeness (QED) is 0.742. The Morgan fingerprint density at radius 2 is 2.17 bits per heavy atom. The standard InChI is InChI=1S/C11H16N6O/c1-3-5-8-12-10(17-15-8)11(18)13-9-6-7(4-2)14-16-9/h6H,3-5H2,1-2H3,(H,12,15,17)(H2,13,14,16,18). The smallest absolute Gasteiger partial charge is 0.296 e. The fourth-order valence-electron chi connectivity index (χ4n) is 1.52. The number of nitrogens with one attached hydrogen (secondary N) is 3. The number of aromatic amines is 2. The number of nitrogens with zero attached hydrogens (tertiary/aromatic N) is 3. The number of aromatic nitrogens is 5. The number of aryl methyl sites for hydroxylation is 2. The molecule has 0 fully saturated rings. The molecule has 0 saturated carbocycles. The molecule has 2 rings (SSSR count). The first kappa shape index (κ1) is 12.3. The zero-order valence-electron chi connectivity index (χ0n) is 10.4. The van der Waals surface area contributed by atoms with Gasteiger partial charge in [0.25, 0.3) is 5.91 Å². The van der Waals surface area contributed by atoms with Crippen molar-refractivity contribution in [3.63, 3.8) is 0 Å². The van der Waals surface area contributed by atoms with Crippen LogP contribution in [0.25, 0.3) is 0 Å². The summed E-state index contributed by atoms with van der Waals surface area (Å²) in [6, 6.07) is 1.79. The van der Waals surface area contributed by atoms with E-state index in [0.29, 0.717) is 5.82 Å². The van der Waals surface area contributed by atoms with Crippen LogP contribution >= 0.6 is 0 Å². The average molecular weight is 248 g/mol. The summed E-state index contributed by atoms with van der Waals surface area (Å²) >= 11 is 0. The van der Waals surface area contributed by atoms with Crippen LogP contribution in [-0.4, -0.2) is 31.3 Å². The third-order valence-corrected chi connectivity index (χ3v) is 2.48. The van der Waals surface area contributed by atoms with Crippen molar-refractivity contribution >= 4 is 11.7 Å². The number of rotatable bonds is 5. The van der Waals surface area contributed by atoms with E-state index in [4.69, 9.17) is 0 Å². The zero-order valence-corrected chi connectivity index (χ0v) is 10.4. The van der Waals surface area contributed by atoms with Crippen molar-refractivity contribution in [1.29, 1.82) is 0 Å². The maximum Gasteiger partial charge on any atom is 0.296 e. The molecule has 0 bridgehead atoms. The molecular weight excluding hydrogens is 232 g/mol. The van der Waals surface area contributed by atoms with Gasteiger partial charge in [0, 0.05) is 18.2 Å².